The molecule has 0 atom stereocenters. The van der Waals surface area contributed by atoms with Crippen LogP contribution in [0.25, 0.3) is 5.69 Å². The summed E-state index contributed by atoms with van der Waals surface area (Å²) in [5, 5.41) is 4.93. The van der Waals surface area contributed by atoms with E-state index in [1.165, 1.54) is 29.9 Å². The number of aromatic nitrogens is 3. The zero-order valence-corrected chi connectivity index (χ0v) is 17.1. The topological polar surface area (TPSA) is 30.4 Å². The maximum absolute atomic E-state index is 13.2. The zero-order valence-electron chi connectivity index (χ0n) is 16.3. The Balaban J connectivity index is 1.31. The molecule has 2 aromatic carbocycles. The molecule has 0 radical (unpaired) electrons. The number of nitrogens with one attached hydrogen (secondary N) is 1. The van der Waals surface area contributed by atoms with Crippen LogP contribution in [-0.2, 0) is 6.67 Å². The van der Waals surface area contributed by atoms with Gasteiger partial charge in [-0.05, 0) is 61.5 Å². The smallest absolute Gasteiger partial charge is 0.207 e. The van der Waals surface area contributed by atoms with E-state index in [1.54, 1.807) is 0 Å². The van der Waals surface area contributed by atoms with E-state index < -0.39 is 0 Å². The zero-order chi connectivity index (χ0) is 19.8. The summed E-state index contributed by atoms with van der Waals surface area (Å²) < 4.78 is 18.1. The van der Waals surface area contributed by atoms with E-state index in [9.17, 15) is 4.39 Å². The predicted molar refractivity (Wildman–Crippen MR) is 114 cm³/mol. The van der Waals surface area contributed by atoms with Gasteiger partial charge in [-0.15, -0.1) is 0 Å². The molecule has 29 heavy (non-hydrogen) atoms. The second kappa shape index (κ2) is 7.72. The van der Waals surface area contributed by atoms with Crippen LogP contribution in [0.3, 0.4) is 0 Å². The second-order valence-corrected chi connectivity index (χ2v) is 8.32. The van der Waals surface area contributed by atoms with Gasteiger partial charge in [-0.25, -0.2) is 4.39 Å². The van der Waals surface area contributed by atoms with Crippen molar-refractivity contribution >= 4 is 17.9 Å². The van der Waals surface area contributed by atoms with Crippen molar-refractivity contribution in [2.45, 2.75) is 25.4 Å². The molecule has 1 aliphatic carbocycles. The first-order valence-electron chi connectivity index (χ1n) is 10.3. The van der Waals surface area contributed by atoms with Gasteiger partial charge in [0.15, 0.2) is 6.67 Å². The highest BCUT2D eigenvalue weighted by atomic mass is 32.1. The van der Waals surface area contributed by atoms with Crippen molar-refractivity contribution in [3.63, 3.8) is 0 Å². The fourth-order valence-corrected chi connectivity index (χ4v) is 4.36. The standard InChI is InChI=1S/C22H24FN5S/c23-18-8-10-19(11-9-18)26-14-12-25(13-15-26)16-27-22(29)28(20-4-2-1-3-5-20)21(24-27)17-6-7-17/h1-5,8-11,17H,6-7,12-16H2/p+1. The molecule has 7 heteroatoms. The van der Waals surface area contributed by atoms with E-state index in [1.807, 2.05) is 35.0 Å². The summed E-state index contributed by atoms with van der Waals surface area (Å²) in [6.07, 6.45) is 2.39. The lowest BCUT2D eigenvalue weighted by Gasteiger charge is -2.33. The largest absolute Gasteiger partial charge is 0.360 e. The van der Waals surface area contributed by atoms with Crippen LogP contribution in [0.2, 0.25) is 0 Å². The molecule has 5 nitrogen and oxygen atoms in total. The van der Waals surface area contributed by atoms with Gasteiger partial charge >= 0.3 is 0 Å². The van der Waals surface area contributed by atoms with Gasteiger partial charge in [-0.2, -0.15) is 9.78 Å². The van der Waals surface area contributed by atoms with Crippen molar-refractivity contribution < 1.29 is 9.29 Å². The van der Waals surface area contributed by atoms with Crippen molar-refractivity contribution in [2.75, 3.05) is 31.1 Å². The number of halogens is 1. The Morgan fingerprint density at radius 2 is 1.66 bits per heavy atom. The maximum Gasteiger partial charge on any atom is 0.207 e. The summed E-state index contributed by atoms with van der Waals surface area (Å²) in [5.74, 6) is 1.45. The monoisotopic (exact) mass is 410 g/mol. The molecule has 1 aromatic heterocycles. The number of nitrogens with zero attached hydrogens (tertiary/aromatic N) is 4. The normalized spacial score (nSPS) is 17.6. The molecule has 1 aliphatic heterocycles. The first-order chi connectivity index (χ1) is 14.2. The van der Waals surface area contributed by atoms with E-state index >= 15 is 0 Å². The number of hydrogen-bond donors (Lipinski definition) is 1. The Hall–Kier alpha value is -2.51. The van der Waals surface area contributed by atoms with Gasteiger partial charge in [-0.1, -0.05) is 18.2 Å². The van der Waals surface area contributed by atoms with Crippen molar-refractivity contribution in [1.29, 1.82) is 0 Å². The number of anilines is 1. The lowest BCUT2D eigenvalue weighted by atomic mass is 10.2. The highest BCUT2D eigenvalue weighted by molar-refractivity contribution is 7.71. The third-order valence-corrected chi connectivity index (χ3v) is 6.25. The van der Waals surface area contributed by atoms with Crippen LogP contribution in [0.15, 0.2) is 54.6 Å². The van der Waals surface area contributed by atoms with Crippen LogP contribution in [0.5, 0.6) is 0 Å². The Labute approximate surface area is 175 Å². The number of rotatable bonds is 5. The Kier molecular flexibility index (Phi) is 4.93. The maximum atomic E-state index is 13.2. The quantitative estimate of drug-likeness (QED) is 0.656. The summed E-state index contributed by atoms with van der Waals surface area (Å²) in [4.78, 5) is 3.79. The van der Waals surface area contributed by atoms with Crippen LogP contribution in [0.1, 0.15) is 24.6 Å². The molecule has 5 rings (SSSR count). The van der Waals surface area contributed by atoms with E-state index in [0.717, 1.165) is 54.8 Å². The van der Waals surface area contributed by atoms with Gasteiger partial charge in [0.25, 0.3) is 0 Å². The summed E-state index contributed by atoms with van der Waals surface area (Å²) in [6.45, 7) is 4.70. The van der Waals surface area contributed by atoms with Crippen LogP contribution in [-0.4, -0.2) is 40.5 Å². The van der Waals surface area contributed by atoms with E-state index in [2.05, 4.69) is 21.6 Å². The van der Waals surface area contributed by atoms with E-state index in [4.69, 9.17) is 17.3 Å². The molecule has 2 fully saturated rings. The van der Waals surface area contributed by atoms with Crippen LogP contribution >= 0.6 is 12.2 Å². The number of quaternary nitrogens is 1. The van der Waals surface area contributed by atoms with E-state index in [-0.39, 0.29) is 5.82 Å². The molecule has 1 N–H and O–H groups in total. The van der Waals surface area contributed by atoms with Gasteiger partial charge in [-0.3, -0.25) is 4.57 Å². The fourth-order valence-electron chi connectivity index (χ4n) is 4.06. The Morgan fingerprint density at radius 3 is 2.31 bits per heavy atom. The molecule has 2 aliphatic rings. The SMILES string of the molecule is Fc1ccc(N2CC[NH+](Cn3nc(C4CC4)n(-c4ccccc4)c3=S)CC2)cc1. The van der Waals surface area contributed by atoms with Crippen molar-refractivity contribution in [3.8, 4) is 5.69 Å². The average molecular weight is 411 g/mol. The van der Waals surface area contributed by atoms with Crippen molar-refractivity contribution in [1.82, 2.24) is 14.3 Å². The van der Waals surface area contributed by atoms with Gasteiger partial charge in [0.05, 0.1) is 26.2 Å². The third-order valence-electron chi connectivity index (χ3n) is 5.86. The van der Waals surface area contributed by atoms with Crippen molar-refractivity contribution in [2.24, 2.45) is 0 Å². The number of benzene rings is 2. The lowest BCUT2D eigenvalue weighted by Crippen LogP contribution is -3.14. The number of piperazine rings is 1. The predicted octanol–water partition coefficient (Wildman–Crippen LogP) is 2.78. The minimum absolute atomic E-state index is 0.187. The molecule has 1 saturated carbocycles. The number of hydrogen-bond acceptors (Lipinski definition) is 3. The minimum atomic E-state index is -0.187. The molecule has 0 unspecified atom stereocenters. The van der Waals surface area contributed by atoms with Crippen LogP contribution in [0.4, 0.5) is 10.1 Å². The summed E-state index contributed by atoms with van der Waals surface area (Å²) >= 11 is 5.83. The van der Waals surface area contributed by atoms with Gasteiger partial charge in [0, 0.05) is 17.3 Å². The molecule has 0 spiro atoms. The molecular weight excluding hydrogens is 385 g/mol. The second-order valence-electron chi connectivity index (χ2n) is 7.96. The number of para-hydroxylation sites is 1. The first-order valence-corrected chi connectivity index (χ1v) is 10.7. The Morgan fingerprint density at radius 1 is 0.966 bits per heavy atom. The summed E-state index contributed by atoms with van der Waals surface area (Å²) in [5.41, 5.74) is 2.19. The van der Waals surface area contributed by atoms with Gasteiger partial charge in [0.1, 0.15) is 11.6 Å². The van der Waals surface area contributed by atoms with Crippen LogP contribution in [0, 0.1) is 10.6 Å². The molecule has 1 saturated heterocycles. The highest BCUT2D eigenvalue weighted by Gasteiger charge is 2.31. The van der Waals surface area contributed by atoms with Crippen LogP contribution < -0.4 is 9.80 Å². The first kappa shape index (κ1) is 18.5. The summed E-state index contributed by atoms with van der Waals surface area (Å²) in [6, 6.07) is 17.1. The van der Waals surface area contributed by atoms with Gasteiger partial charge < -0.3 is 9.80 Å². The molecule has 2 heterocycles. The molecule has 3 aromatic rings. The third kappa shape index (κ3) is 3.84. The Bertz CT molecular complexity index is 1030. The minimum Gasteiger partial charge on any atom is -0.360 e. The molecule has 0 bridgehead atoms. The average Bonchev–Trinajstić information content (AvgIpc) is 3.55. The summed E-state index contributed by atoms with van der Waals surface area (Å²) in [7, 11) is 0. The lowest BCUT2D eigenvalue weighted by molar-refractivity contribution is -0.924. The van der Waals surface area contributed by atoms with Crippen molar-refractivity contribution in [3.05, 3.63) is 71.0 Å². The highest BCUT2D eigenvalue weighted by Crippen LogP contribution is 2.40. The molecule has 150 valence electrons. The molecular formula is C22H25FN5S+. The van der Waals surface area contributed by atoms with Gasteiger partial charge in [0.2, 0.25) is 4.77 Å². The molecule has 0 amide bonds. The van der Waals surface area contributed by atoms with E-state index in [0.29, 0.717) is 5.92 Å². The fraction of sp³-hybridized carbons (Fsp3) is 0.364.